The number of aromatic nitrogens is 2. The number of ketones is 1. The number of amides is 2. The molecule has 0 fully saturated rings. The van der Waals surface area contributed by atoms with Crippen molar-refractivity contribution in [1.29, 1.82) is 5.41 Å². The molecule has 0 aliphatic rings. The van der Waals surface area contributed by atoms with Gasteiger partial charge in [0.1, 0.15) is 23.1 Å². The monoisotopic (exact) mass is 661 g/mol. The van der Waals surface area contributed by atoms with Crippen molar-refractivity contribution < 1.29 is 36.7 Å². The van der Waals surface area contributed by atoms with Crippen LogP contribution in [0.4, 0.5) is 28.9 Å². The van der Waals surface area contributed by atoms with Crippen molar-refractivity contribution in [3.8, 4) is 11.1 Å². The molecule has 0 radical (unpaired) electrons. The molecule has 2 N–H and O–H groups in total. The Morgan fingerprint density at radius 2 is 1.64 bits per heavy atom. The summed E-state index contributed by atoms with van der Waals surface area (Å²) >= 11 is 0.341. The van der Waals surface area contributed by atoms with Crippen LogP contribution < -0.4 is 9.62 Å². The molecule has 14 heteroatoms. The molecular weight excluding hydrogens is 638 g/mol. The molecule has 0 aliphatic carbocycles. The minimum atomic E-state index is -1.45. The van der Waals surface area contributed by atoms with E-state index in [0.29, 0.717) is 38.6 Å². The molecule has 0 saturated carbocycles. The molecule has 9 nitrogen and oxygen atoms in total. The lowest BCUT2D eigenvalue weighted by Gasteiger charge is -2.21. The third-order valence-electron chi connectivity index (χ3n) is 6.96. The van der Waals surface area contributed by atoms with Crippen LogP contribution in [0.3, 0.4) is 0 Å². The van der Waals surface area contributed by atoms with Crippen LogP contribution in [0.5, 0.6) is 0 Å². The second-order valence-electron chi connectivity index (χ2n) is 10.2. The van der Waals surface area contributed by atoms with Gasteiger partial charge in [0.25, 0.3) is 0 Å². The number of nitrogens with zero attached hydrogens (tertiary/aromatic N) is 3. The summed E-state index contributed by atoms with van der Waals surface area (Å²) in [6, 6.07) is 10.4. The van der Waals surface area contributed by atoms with E-state index in [1.54, 1.807) is 18.2 Å². The number of hydrogen-bond donors (Lipinski definition) is 2. The van der Waals surface area contributed by atoms with Crippen LogP contribution in [0.25, 0.3) is 22.2 Å². The molecule has 0 atom stereocenters. The smallest absolute Gasteiger partial charge is 0.234 e. The minimum Gasteiger partial charge on any atom is -0.326 e. The van der Waals surface area contributed by atoms with Crippen LogP contribution in [0.2, 0.25) is 0 Å². The zero-order valence-electron chi connectivity index (χ0n) is 24.8. The number of nitrogens with one attached hydrogen (secondary N) is 2. The Balaban J connectivity index is 1.64. The first-order valence-electron chi connectivity index (χ1n) is 13.7. The summed E-state index contributed by atoms with van der Waals surface area (Å²) in [6.07, 6.45) is 3.54. The average molecular weight is 662 g/mol. The van der Waals surface area contributed by atoms with Crippen molar-refractivity contribution in [2.75, 3.05) is 9.62 Å². The van der Waals surface area contributed by atoms with Gasteiger partial charge in [0.05, 0.1) is 21.7 Å². The fraction of sp³-hybridized carbons (Fsp3) is 0.0909. The SMILES string of the molecule is CC(=O)Nc1ccc(-c2cnc3c(c2)c(C(=O)c2c(F)ccc(N(Sc4cc(F)ccc4F)C(C)=O)c2F)cn3C(C)=O)cc1C=N. The molecule has 5 aromatic rings. The number of carbonyl (C=O) groups is 4. The van der Waals surface area contributed by atoms with E-state index in [-0.39, 0.29) is 27.4 Å². The zero-order chi connectivity index (χ0) is 34.2. The summed E-state index contributed by atoms with van der Waals surface area (Å²) < 4.78 is 61.3. The van der Waals surface area contributed by atoms with E-state index in [0.717, 1.165) is 54.2 Å². The largest absolute Gasteiger partial charge is 0.326 e. The van der Waals surface area contributed by atoms with Gasteiger partial charge in [-0.15, -0.1) is 0 Å². The number of anilines is 2. The topological polar surface area (TPSA) is 125 Å². The van der Waals surface area contributed by atoms with Crippen molar-refractivity contribution >= 4 is 64.1 Å². The molecular formula is C33H23F4N5O4S. The van der Waals surface area contributed by atoms with Gasteiger partial charge in [-0.1, -0.05) is 6.07 Å². The normalized spacial score (nSPS) is 11.0. The lowest BCUT2D eigenvalue weighted by Crippen LogP contribution is -2.23. The Bertz CT molecular complexity index is 2150. The number of fused-ring (bicyclic) bond motifs is 1. The summed E-state index contributed by atoms with van der Waals surface area (Å²) in [7, 11) is 0. The first-order valence-corrected chi connectivity index (χ1v) is 14.5. The number of hydrogen-bond acceptors (Lipinski definition) is 7. The van der Waals surface area contributed by atoms with Crippen LogP contribution >= 0.6 is 11.9 Å². The summed E-state index contributed by atoms with van der Waals surface area (Å²) in [5.41, 5.74) is -0.257. The van der Waals surface area contributed by atoms with E-state index in [4.69, 9.17) is 5.41 Å². The fourth-order valence-corrected chi connectivity index (χ4v) is 5.71. The lowest BCUT2D eigenvalue weighted by atomic mass is 9.99. The molecule has 3 aromatic carbocycles. The van der Waals surface area contributed by atoms with Gasteiger partial charge in [0, 0.05) is 61.6 Å². The fourth-order valence-electron chi connectivity index (χ4n) is 4.82. The van der Waals surface area contributed by atoms with Crippen molar-refractivity contribution in [3.63, 3.8) is 0 Å². The standard InChI is InChI=1S/C33H23F4N5O4S/c1-16(43)40-27-8-4-19(10-20(27)13-38)21-11-23-24(15-41(17(2)44)33(23)39-14-21)32(46)30-26(36)7-9-28(31(30)37)42(18(3)45)47-29-12-22(34)5-6-25(29)35/h4-15,38H,1-3H3,(H,40,43). The lowest BCUT2D eigenvalue weighted by molar-refractivity contribution is -0.115. The van der Waals surface area contributed by atoms with Gasteiger partial charge in [-0.05, 0) is 66.0 Å². The maximum atomic E-state index is 16.1. The second-order valence-corrected chi connectivity index (χ2v) is 11.2. The minimum absolute atomic E-state index is 0.0196. The highest BCUT2D eigenvalue weighted by atomic mass is 32.2. The van der Waals surface area contributed by atoms with E-state index < -0.39 is 52.1 Å². The molecule has 0 aliphatic heterocycles. The molecule has 238 valence electrons. The summed E-state index contributed by atoms with van der Waals surface area (Å²) in [6.45, 7) is 3.55. The molecule has 0 spiro atoms. The predicted molar refractivity (Wildman–Crippen MR) is 169 cm³/mol. The van der Waals surface area contributed by atoms with E-state index in [1.165, 1.54) is 26.1 Å². The summed E-state index contributed by atoms with van der Waals surface area (Å²) in [5.74, 6) is -7.36. The number of pyridine rings is 1. The van der Waals surface area contributed by atoms with Crippen molar-refractivity contribution in [1.82, 2.24) is 9.55 Å². The van der Waals surface area contributed by atoms with Crippen molar-refractivity contribution in [2.45, 2.75) is 25.7 Å². The highest BCUT2D eigenvalue weighted by Gasteiger charge is 2.29. The average Bonchev–Trinajstić information content (AvgIpc) is 3.41. The highest BCUT2D eigenvalue weighted by Crippen LogP contribution is 2.37. The van der Waals surface area contributed by atoms with Gasteiger partial charge in [-0.3, -0.25) is 23.7 Å². The first kappa shape index (κ1) is 32.8. The zero-order valence-corrected chi connectivity index (χ0v) is 25.6. The Labute approximate surface area is 268 Å². The first-order chi connectivity index (χ1) is 22.3. The number of benzene rings is 3. The molecule has 0 bridgehead atoms. The maximum absolute atomic E-state index is 16.1. The molecule has 2 amide bonds. The Kier molecular flexibility index (Phi) is 9.06. The van der Waals surface area contributed by atoms with Crippen molar-refractivity contribution in [2.24, 2.45) is 0 Å². The van der Waals surface area contributed by atoms with Crippen LogP contribution in [0.1, 0.15) is 47.1 Å². The van der Waals surface area contributed by atoms with Crippen molar-refractivity contribution in [3.05, 3.63) is 107 Å². The maximum Gasteiger partial charge on any atom is 0.234 e. The molecule has 5 rings (SSSR count). The third-order valence-corrected chi connectivity index (χ3v) is 8.11. The van der Waals surface area contributed by atoms with Gasteiger partial charge in [0.15, 0.2) is 5.82 Å². The van der Waals surface area contributed by atoms with Crippen LogP contribution in [0, 0.1) is 28.7 Å². The quantitative estimate of drug-likeness (QED) is 0.0787. The molecule has 2 heterocycles. The Morgan fingerprint density at radius 3 is 2.30 bits per heavy atom. The van der Waals surface area contributed by atoms with E-state index in [9.17, 15) is 28.0 Å². The Hall–Kier alpha value is -5.63. The van der Waals surface area contributed by atoms with Crippen LogP contribution in [0.15, 0.2) is 71.9 Å². The van der Waals surface area contributed by atoms with Gasteiger partial charge < -0.3 is 10.7 Å². The molecule has 0 unspecified atom stereocenters. The summed E-state index contributed by atoms with van der Waals surface area (Å²) in [5, 5.41) is 10.4. The van der Waals surface area contributed by atoms with Gasteiger partial charge >= 0.3 is 0 Å². The highest BCUT2D eigenvalue weighted by molar-refractivity contribution is 8.01. The van der Waals surface area contributed by atoms with Gasteiger partial charge in [0.2, 0.25) is 23.5 Å². The molecule has 0 saturated heterocycles. The van der Waals surface area contributed by atoms with Gasteiger partial charge in [-0.25, -0.2) is 26.9 Å². The predicted octanol–water partition coefficient (Wildman–Crippen LogP) is 7.17. The van der Waals surface area contributed by atoms with Crippen LogP contribution in [-0.4, -0.2) is 39.3 Å². The number of rotatable bonds is 8. The number of halogens is 4. The molecule has 2 aromatic heterocycles. The van der Waals surface area contributed by atoms with Gasteiger partial charge in [-0.2, -0.15) is 0 Å². The van der Waals surface area contributed by atoms with E-state index in [1.807, 2.05) is 0 Å². The number of carbonyl (C=O) groups excluding carboxylic acids is 4. The third kappa shape index (κ3) is 6.40. The summed E-state index contributed by atoms with van der Waals surface area (Å²) in [4.78, 5) is 54.4. The molecule has 47 heavy (non-hydrogen) atoms. The van der Waals surface area contributed by atoms with Crippen LogP contribution in [-0.2, 0) is 9.59 Å². The van der Waals surface area contributed by atoms with E-state index >= 15 is 8.78 Å². The van der Waals surface area contributed by atoms with E-state index in [2.05, 4.69) is 10.3 Å². The Morgan fingerprint density at radius 1 is 0.915 bits per heavy atom. The second kappa shape index (κ2) is 13.0.